The van der Waals surface area contributed by atoms with Crippen LogP contribution < -0.4 is 0 Å². The molecule has 5 aliphatic rings. The minimum absolute atomic E-state index is 0.0260. The Morgan fingerprint density at radius 3 is 2.67 bits per heavy atom. The lowest BCUT2D eigenvalue weighted by molar-refractivity contribution is -0.180. The second kappa shape index (κ2) is 7.20. The van der Waals surface area contributed by atoms with E-state index in [0.29, 0.717) is 29.5 Å². The topological polar surface area (TPSA) is 43.4 Å². The number of allylic oxidation sites excluding steroid dienone is 2. The molecule has 0 saturated heterocycles. The molecule has 4 saturated carbocycles. The van der Waals surface area contributed by atoms with Gasteiger partial charge in [-0.2, -0.15) is 0 Å². The van der Waals surface area contributed by atoms with E-state index in [2.05, 4.69) is 20.8 Å². The van der Waals surface area contributed by atoms with E-state index in [9.17, 15) is 9.59 Å². The third kappa shape index (κ3) is 2.89. The van der Waals surface area contributed by atoms with Gasteiger partial charge in [0.25, 0.3) is 0 Å². The maximum Gasteiger partial charge on any atom is 0.306 e. The fraction of sp³-hybridized carbons (Fsp3) is 0.852. The lowest BCUT2D eigenvalue weighted by atomic mass is 9.49. The van der Waals surface area contributed by atoms with Gasteiger partial charge in [-0.05, 0) is 88.0 Å². The van der Waals surface area contributed by atoms with Crippen LogP contribution >= 0.6 is 0 Å². The molecule has 1 unspecified atom stereocenters. The zero-order valence-corrected chi connectivity index (χ0v) is 19.3. The monoisotopic (exact) mass is 412 g/mol. The van der Waals surface area contributed by atoms with E-state index in [1.165, 1.54) is 56.9 Å². The van der Waals surface area contributed by atoms with Crippen LogP contribution in [-0.4, -0.2) is 17.4 Å². The maximum absolute atomic E-state index is 12.7. The molecule has 5 aliphatic carbocycles. The molecule has 0 radical (unpaired) electrons. The van der Waals surface area contributed by atoms with Crippen LogP contribution in [0.15, 0.2) is 11.6 Å². The molecule has 30 heavy (non-hydrogen) atoms. The molecule has 7 atom stereocenters. The first-order chi connectivity index (χ1) is 14.3. The van der Waals surface area contributed by atoms with Crippen LogP contribution in [0.25, 0.3) is 0 Å². The number of ether oxygens (including phenoxy) is 1. The highest BCUT2D eigenvalue weighted by Crippen LogP contribution is 2.76. The van der Waals surface area contributed by atoms with Crippen LogP contribution in [0.1, 0.15) is 104 Å². The second-order valence-electron chi connectivity index (χ2n) is 11.7. The van der Waals surface area contributed by atoms with Crippen LogP contribution in [0.5, 0.6) is 0 Å². The normalized spacial score (nSPS) is 46.2. The fourth-order valence-corrected chi connectivity index (χ4v) is 8.69. The van der Waals surface area contributed by atoms with Gasteiger partial charge in [0.15, 0.2) is 5.78 Å². The maximum atomic E-state index is 12.7. The standard InChI is InChI=1S/C27H40O3/c1-4-5-6-7-8-24(29)30-26(3)14-12-22-21-10-9-18-15-20(28)16-19-17-27(18,19)23(21)11-13-25(22,26)2/h16,18,21-23H,4-15,17H2,1-3H3/t18-,21?,22-,23-,25-,26-,27+/m0/s1. The van der Waals surface area contributed by atoms with Crippen LogP contribution in [0.4, 0.5) is 0 Å². The summed E-state index contributed by atoms with van der Waals surface area (Å²) in [6.07, 6.45) is 16.2. The Bertz CT molecular complexity index is 768. The Morgan fingerprint density at radius 2 is 1.87 bits per heavy atom. The zero-order valence-electron chi connectivity index (χ0n) is 19.3. The lowest BCUT2D eigenvalue weighted by Crippen LogP contribution is -2.54. The van der Waals surface area contributed by atoms with Gasteiger partial charge in [0, 0.05) is 23.7 Å². The molecule has 0 N–H and O–H groups in total. The highest BCUT2D eigenvalue weighted by atomic mass is 16.6. The van der Waals surface area contributed by atoms with Crippen molar-refractivity contribution in [3.8, 4) is 0 Å². The third-order valence-electron chi connectivity index (χ3n) is 10.5. The average molecular weight is 413 g/mol. The van der Waals surface area contributed by atoms with Crippen molar-refractivity contribution in [2.24, 2.45) is 34.5 Å². The SMILES string of the molecule is CCCCCCC(=O)O[C@@]1(C)CC[C@H]2C3CC[C@H]4CC(=O)C=C5C[C@]54[C@H]3CC[C@@]21C. The van der Waals surface area contributed by atoms with E-state index in [1.807, 2.05) is 6.08 Å². The second-order valence-corrected chi connectivity index (χ2v) is 11.7. The summed E-state index contributed by atoms with van der Waals surface area (Å²) in [5.41, 5.74) is 1.68. The summed E-state index contributed by atoms with van der Waals surface area (Å²) in [5, 5.41) is 0. The van der Waals surface area contributed by atoms with E-state index < -0.39 is 0 Å². The summed E-state index contributed by atoms with van der Waals surface area (Å²) in [7, 11) is 0. The summed E-state index contributed by atoms with van der Waals surface area (Å²) >= 11 is 0. The molecule has 0 aromatic carbocycles. The molecule has 4 fully saturated rings. The van der Waals surface area contributed by atoms with Crippen LogP contribution in [0, 0.1) is 34.5 Å². The molecule has 5 rings (SSSR count). The van der Waals surface area contributed by atoms with Gasteiger partial charge in [-0.3, -0.25) is 9.59 Å². The van der Waals surface area contributed by atoms with Crippen molar-refractivity contribution in [2.45, 2.75) is 110 Å². The van der Waals surface area contributed by atoms with Gasteiger partial charge in [-0.15, -0.1) is 0 Å². The van der Waals surface area contributed by atoms with Crippen LogP contribution in [-0.2, 0) is 14.3 Å². The summed E-state index contributed by atoms with van der Waals surface area (Å²) in [5.74, 6) is 3.21. The molecular weight excluding hydrogens is 372 g/mol. The molecule has 0 aromatic heterocycles. The van der Waals surface area contributed by atoms with Gasteiger partial charge in [0.2, 0.25) is 0 Å². The van der Waals surface area contributed by atoms with Crippen molar-refractivity contribution in [1.82, 2.24) is 0 Å². The van der Waals surface area contributed by atoms with Crippen LogP contribution in [0.2, 0.25) is 0 Å². The number of rotatable bonds is 6. The Morgan fingerprint density at radius 1 is 1.07 bits per heavy atom. The van der Waals surface area contributed by atoms with Gasteiger partial charge in [-0.1, -0.05) is 38.7 Å². The number of esters is 1. The van der Waals surface area contributed by atoms with Gasteiger partial charge in [0.05, 0.1) is 0 Å². The predicted molar refractivity (Wildman–Crippen MR) is 118 cm³/mol. The number of carbonyl (C=O) groups excluding carboxylic acids is 2. The molecule has 3 heteroatoms. The summed E-state index contributed by atoms with van der Waals surface area (Å²) in [4.78, 5) is 24.8. The van der Waals surface area contributed by atoms with E-state index in [0.717, 1.165) is 37.5 Å². The van der Waals surface area contributed by atoms with Crippen molar-refractivity contribution >= 4 is 11.8 Å². The minimum Gasteiger partial charge on any atom is -0.459 e. The largest absolute Gasteiger partial charge is 0.459 e. The molecular formula is C27H40O3. The molecule has 3 nitrogen and oxygen atoms in total. The lowest BCUT2D eigenvalue weighted by Gasteiger charge is -2.57. The number of unbranched alkanes of at least 4 members (excludes halogenated alkanes) is 3. The van der Waals surface area contributed by atoms with Crippen molar-refractivity contribution < 1.29 is 14.3 Å². The summed E-state index contributed by atoms with van der Waals surface area (Å²) in [6, 6.07) is 0. The van der Waals surface area contributed by atoms with Crippen molar-refractivity contribution in [3.05, 3.63) is 11.6 Å². The Kier molecular flexibility index (Phi) is 4.99. The highest BCUT2D eigenvalue weighted by Gasteiger charge is 2.70. The summed E-state index contributed by atoms with van der Waals surface area (Å²) in [6.45, 7) is 6.87. The van der Waals surface area contributed by atoms with Crippen LogP contribution in [0.3, 0.4) is 0 Å². The smallest absolute Gasteiger partial charge is 0.306 e. The first kappa shape index (κ1) is 20.8. The molecule has 1 spiro atoms. The van der Waals surface area contributed by atoms with Gasteiger partial charge >= 0.3 is 5.97 Å². The van der Waals surface area contributed by atoms with Crippen molar-refractivity contribution in [2.75, 3.05) is 0 Å². The third-order valence-corrected chi connectivity index (χ3v) is 10.5. The Balaban J connectivity index is 1.30. The van der Waals surface area contributed by atoms with Crippen molar-refractivity contribution in [1.29, 1.82) is 0 Å². The molecule has 0 amide bonds. The summed E-state index contributed by atoms with van der Waals surface area (Å²) < 4.78 is 6.29. The highest BCUT2D eigenvalue weighted by molar-refractivity contribution is 5.93. The molecule has 166 valence electrons. The van der Waals surface area contributed by atoms with E-state index in [1.54, 1.807) is 0 Å². The quantitative estimate of drug-likeness (QED) is 0.374. The number of ketones is 1. The van der Waals surface area contributed by atoms with E-state index in [-0.39, 0.29) is 17.0 Å². The Labute approximate surface area is 182 Å². The minimum atomic E-state index is -0.302. The van der Waals surface area contributed by atoms with Gasteiger partial charge in [-0.25, -0.2) is 0 Å². The van der Waals surface area contributed by atoms with Crippen molar-refractivity contribution in [3.63, 3.8) is 0 Å². The van der Waals surface area contributed by atoms with Gasteiger partial charge < -0.3 is 4.74 Å². The fourth-order valence-electron chi connectivity index (χ4n) is 8.69. The average Bonchev–Trinajstić information content (AvgIpc) is 3.35. The number of hydrogen-bond donors (Lipinski definition) is 0. The molecule has 0 aliphatic heterocycles. The number of fused-ring (bicyclic) bond motifs is 3. The zero-order chi connectivity index (χ0) is 21.1. The number of carbonyl (C=O) groups is 2. The Hall–Kier alpha value is -1.12. The molecule has 0 bridgehead atoms. The predicted octanol–water partition coefficient (Wildman–Crippen LogP) is 6.40. The number of hydrogen-bond acceptors (Lipinski definition) is 3. The van der Waals surface area contributed by atoms with E-state index in [4.69, 9.17) is 4.74 Å². The molecule has 0 heterocycles. The molecule has 0 aromatic rings. The van der Waals surface area contributed by atoms with E-state index >= 15 is 0 Å². The first-order valence-corrected chi connectivity index (χ1v) is 12.8. The first-order valence-electron chi connectivity index (χ1n) is 12.8. The van der Waals surface area contributed by atoms with Gasteiger partial charge in [0.1, 0.15) is 5.60 Å².